The van der Waals surface area contributed by atoms with Gasteiger partial charge >= 0.3 is 0 Å². The first kappa shape index (κ1) is 12.2. The maximum absolute atomic E-state index is 11.2. The summed E-state index contributed by atoms with van der Waals surface area (Å²) in [6.07, 6.45) is -0.714. The Labute approximate surface area is 107 Å². The standard InChI is InChI=1S/C11H12BrNO4/c1-16-6-2-7(9(14)4-12)11-8(3-6)13-10(15)5-17-11/h2-3,9,14H,4-5H2,1H3,(H,13,15). The number of alkyl halides is 1. The van der Waals surface area contributed by atoms with Gasteiger partial charge in [-0.25, -0.2) is 0 Å². The van der Waals surface area contributed by atoms with Crippen LogP contribution in [0, 0.1) is 0 Å². The molecule has 2 N–H and O–H groups in total. The number of ether oxygens (including phenoxy) is 2. The zero-order valence-corrected chi connectivity index (χ0v) is 10.8. The van der Waals surface area contributed by atoms with E-state index in [9.17, 15) is 9.90 Å². The van der Waals surface area contributed by atoms with Gasteiger partial charge in [-0.2, -0.15) is 0 Å². The van der Waals surface area contributed by atoms with Crippen LogP contribution < -0.4 is 14.8 Å². The lowest BCUT2D eigenvalue weighted by Crippen LogP contribution is -2.26. The van der Waals surface area contributed by atoms with Crippen LogP contribution >= 0.6 is 15.9 Å². The molecule has 1 heterocycles. The number of aliphatic hydroxyl groups is 1. The van der Waals surface area contributed by atoms with Gasteiger partial charge in [0.1, 0.15) is 11.5 Å². The number of hydrogen-bond donors (Lipinski definition) is 2. The number of carbonyl (C=O) groups is 1. The summed E-state index contributed by atoms with van der Waals surface area (Å²) in [7, 11) is 1.53. The van der Waals surface area contributed by atoms with Crippen LogP contribution in [0.2, 0.25) is 0 Å². The molecule has 0 radical (unpaired) electrons. The monoisotopic (exact) mass is 301 g/mol. The summed E-state index contributed by atoms with van der Waals surface area (Å²) in [4.78, 5) is 11.2. The number of nitrogens with one attached hydrogen (secondary N) is 1. The zero-order chi connectivity index (χ0) is 12.4. The normalized spacial score (nSPS) is 15.6. The van der Waals surface area contributed by atoms with Crippen molar-refractivity contribution in [1.82, 2.24) is 0 Å². The van der Waals surface area contributed by atoms with Gasteiger partial charge in [0.05, 0.1) is 18.9 Å². The van der Waals surface area contributed by atoms with Crippen molar-refractivity contribution in [2.24, 2.45) is 0 Å². The number of fused-ring (bicyclic) bond motifs is 1. The molecule has 6 heteroatoms. The molecule has 1 amide bonds. The van der Waals surface area contributed by atoms with Crippen molar-refractivity contribution in [3.63, 3.8) is 0 Å². The quantitative estimate of drug-likeness (QED) is 0.829. The van der Waals surface area contributed by atoms with E-state index in [4.69, 9.17) is 9.47 Å². The molecular weight excluding hydrogens is 290 g/mol. The van der Waals surface area contributed by atoms with Crippen LogP contribution in [0.1, 0.15) is 11.7 Å². The molecule has 1 aliphatic rings. The maximum Gasteiger partial charge on any atom is 0.262 e. The van der Waals surface area contributed by atoms with Gasteiger partial charge in [0.2, 0.25) is 0 Å². The molecule has 92 valence electrons. The predicted molar refractivity (Wildman–Crippen MR) is 65.9 cm³/mol. The van der Waals surface area contributed by atoms with Crippen molar-refractivity contribution in [1.29, 1.82) is 0 Å². The van der Waals surface area contributed by atoms with E-state index in [0.29, 0.717) is 28.1 Å². The second-order valence-electron chi connectivity index (χ2n) is 3.60. The molecule has 0 fully saturated rings. The molecule has 5 nitrogen and oxygen atoms in total. The van der Waals surface area contributed by atoms with E-state index in [1.807, 2.05) is 0 Å². The largest absolute Gasteiger partial charge is 0.497 e. The van der Waals surface area contributed by atoms with Gasteiger partial charge in [-0.05, 0) is 6.07 Å². The lowest BCUT2D eigenvalue weighted by atomic mass is 10.1. The van der Waals surface area contributed by atoms with E-state index in [1.165, 1.54) is 7.11 Å². The highest BCUT2D eigenvalue weighted by atomic mass is 79.9. The van der Waals surface area contributed by atoms with Crippen molar-refractivity contribution in [3.05, 3.63) is 17.7 Å². The number of hydrogen-bond acceptors (Lipinski definition) is 4. The van der Waals surface area contributed by atoms with Crippen LogP contribution in [-0.4, -0.2) is 30.1 Å². The topological polar surface area (TPSA) is 67.8 Å². The summed E-state index contributed by atoms with van der Waals surface area (Å²) in [6.45, 7) is -0.0403. The average Bonchev–Trinajstić information content (AvgIpc) is 2.35. The molecule has 0 saturated heterocycles. The number of amides is 1. The van der Waals surface area contributed by atoms with E-state index in [2.05, 4.69) is 21.2 Å². The Balaban J connectivity index is 2.50. The summed E-state index contributed by atoms with van der Waals surface area (Å²) in [5.74, 6) is 0.840. The average molecular weight is 302 g/mol. The first-order valence-electron chi connectivity index (χ1n) is 5.04. The first-order chi connectivity index (χ1) is 8.15. The van der Waals surface area contributed by atoms with Gasteiger partial charge in [0.25, 0.3) is 5.91 Å². The summed E-state index contributed by atoms with van der Waals surface area (Å²) < 4.78 is 10.5. The molecule has 0 aromatic heterocycles. The minimum atomic E-state index is -0.714. The number of methoxy groups -OCH3 is 1. The van der Waals surface area contributed by atoms with Crippen molar-refractivity contribution >= 4 is 27.5 Å². The highest BCUT2D eigenvalue weighted by Crippen LogP contribution is 2.39. The molecule has 1 aromatic rings. The Kier molecular flexibility index (Phi) is 3.54. The van der Waals surface area contributed by atoms with Crippen molar-refractivity contribution in [3.8, 4) is 11.5 Å². The van der Waals surface area contributed by atoms with Crippen molar-refractivity contribution < 1.29 is 19.4 Å². The molecule has 0 spiro atoms. The molecule has 0 aliphatic carbocycles. The number of anilines is 1. The van der Waals surface area contributed by atoms with Crippen LogP contribution in [0.4, 0.5) is 5.69 Å². The Morgan fingerprint density at radius 3 is 3.06 bits per heavy atom. The third-order valence-electron chi connectivity index (χ3n) is 2.45. The number of aliphatic hydroxyl groups excluding tert-OH is 1. The molecule has 17 heavy (non-hydrogen) atoms. The van der Waals surface area contributed by atoms with E-state index < -0.39 is 6.10 Å². The van der Waals surface area contributed by atoms with Crippen LogP contribution in [-0.2, 0) is 4.79 Å². The predicted octanol–water partition coefficient (Wildman–Crippen LogP) is 1.45. The Morgan fingerprint density at radius 2 is 2.41 bits per heavy atom. The summed E-state index contributed by atoms with van der Waals surface area (Å²) in [6, 6.07) is 3.36. The fourth-order valence-corrected chi connectivity index (χ4v) is 2.00. The summed E-state index contributed by atoms with van der Waals surface area (Å²) >= 11 is 3.20. The molecule has 1 unspecified atom stereocenters. The van der Waals surface area contributed by atoms with Gasteiger partial charge in [-0.1, -0.05) is 15.9 Å². The highest BCUT2D eigenvalue weighted by molar-refractivity contribution is 9.09. The van der Waals surface area contributed by atoms with Gasteiger partial charge in [0.15, 0.2) is 6.61 Å². The van der Waals surface area contributed by atoms with E-state index in [1.54, 1.807) is 12.1 Å². The van der Waals surface area contributed by atoms with Crippen LogP contribution in [0.25, 0.3) is 0 Å². The molecule has 1 aromatic carbocycles. The lowest BCUT2D eigenvalue weighted by Gasteiger charge is -2.23. The zero-order valence-electron chi connectivity index (χ0n) is 9.20. The van der Waals surface area contributed by atoms with Crippen LogP contribution in [0.15, 0.2) is 12.1 Å². The third-order valence-corrected chi connectivity index (χ3v) is 3.07. The first-order valence-corrected chi connectivity index (χ1v) is 6.16. The lowest BCUT2D eigenvalue weighted by molar-refractivity contribution is -0.118. The van der Waals surface area contributed by atoms with Crippen LogP contribution in [0.3, 0.4) is 0 Å². The highest BCUT2D eigenvalue weighted by Gasteiger charge is 2.23. The molecule has 1 aliphatic heterocycles. The number of halogens is 1. The van der Waals surface area contributed by atoms with Crippen molar-refractivity contribution in [2.75, 3.05) is 24.4 Å². The molecule has 1 atom stereocenters. The van der Waals surface area contributed by atoms with Gasteiger partial charge in [-0.3, -0.25) is 4.79 Å². The summed E-state index contributed by atoms with van der Waals surface area (Å²) in [5.41, 5.74) is 1.12. The van der Waals surface area contributed by atoms with Crippen molar-refractivity contribution in [2.45, 2.75) is 6.10 Å². The van der Waals surface area contributed by atoms with E-state index >= 15 is 0 Å². The Morgan fingerprint density at radius 1 is 1.65 bits per heavy atom. The molecule has 0 bridgehead atoms. The molecule has 0 saturated carbocycles. The molecular formula is C11H12BrNO4. The third kappa shape index (κ3) is 2.37. The molecule has 2 rings (SSSR count). The number of rotatable bonds is 3. The smallest absolute Gasteiger partial charge is 0.262 e. The minimum Gasteiger partial charge on any atom is -0.497 e. The van der Waals surface area contributed by atoms with Crippen LogP contribution in [0.5, 0.6) is 11.5 Å². The van der Waals surface area contributed by atoms with Gasteiger partial charge in [0, 0.05) is 17.0 Å². The SMILES string of the molecule is COc1cc2c(c(C(O)CBr)c1)OCC(=O)N2. The minimum absolute atomic E-state index is 0.0403. The Bertz CT molecular complexity index is 449. The van der Waals surface area contributed by atoms with E-state index in [0.717, 1.165) is 0 Å². The second kappa shape index (κ2) is 4.93. The Hall–Kier alpha value is -1.27. The fourth-order valence-electron chi connectivity index (χ4n) is 1.65. The summed E-state index contributed by atoms with van der Waals surface area (Å²) in [5, 5.41) is 12.9. The number of benzene rings is 1. The van der Waals surface area contributed by atoms with E-state index in [-0.39, 0.29) is 12.5 Å². The second-order valence-corrected chi connectivity index (χ2v) is 4.25. The van der Waals surface area contributed by atoms with Gasteiger partial charge < -0.3 is 19.9 Å². The maximum atomic E-state index is 11.2. The fraction of sp³-hybridized carbons (Fsp3) is 0.364. The number of carbonyl (C=O) groups excluding carboxylic acids is 1. The van der Waals surface area contributed by atoms with Gasteiger partial charge in [-0.15, -0.1) is 0 Å².